The Morgan fingerprint density at radius 2 is 1.94 bits per heavy atom. The fraction of sp³-hybridized carbons (Fsp3) is 0.625. The number of benzene rings is 1. The van der Waals surface area contributed by atoms with Crippen LogP contribution in [0.25, 0.3) is 0 Å². The SMILES string of the molecule is COc1ccc(C(C)O)c2c1C1(CCCC1)CC2. The predicted molar refractivity (Wildman–Crippen MR) is 72.1 cm³/mol. The molecule has 3 rings (SSSR count). The molecule has 98 valence electrons. The van der Waals surface area contributed by atoms with Gasteiger partial charge in [0.1, 0.15) is 5.75 Å². The molecule has 0 heterocycles. The predicted octanol–water partition coefficient (Wildman–Crippen LogP) is 3.51. The summed E-state index contributed by atoms with van der Waals surface area (Å²) in [6.45, 7) is 1.86. The molecule has 1 aromatic carbocycles. The van der Waals surface area contributed by atoms with E-state index in [0.29, 0.717) is 5.41 Å². The molecule has 1 saturated carbocycles. The third-order valence-electron chi connectivity index (χ3n) is 4.93. The van der Waals surface area contributed by atoms with Gasteiger partial charge in [0.2, 0.25) is 0 Å². The van der Waals surface area contributed by atoms with Crippen molar-refractivity contribution in [1.82, 2.24) is 0 Å². The molecule has 2 heteroatoms. The van der Waals surface area contributed by atoms with Crippen molar-refractivity contribution < 1.29 is 9.84 Å². The molecule has 1 atom stereocenters. The van der Waals surface area contributed by atoms with Crippen molar-refractivity contribution >= 4 is 0 Å². The van der Waals surface area contributed by atoms with E-state index in [1.807, 2.05) is 19.1 Å². The van der Waals surface area contributed by atoms with Gasteiger partial charge >= 0.3 is 0 Å². The van der Waals surface area contributed by atoms with Crippen molar-refractivity contribution in [2.45, 2.75) is 57.0 Å². The Morgan fingerprint density at radius 1 is 1.22 bits per heavy atom. The van der Waals surface area contributed by atoms with Gasteiger partial charge in [0.25, 0.3) is 0 Å². The largest absolute Gasteiger partial charge is 0.496 e. The second-order valence-electron chi connectivity index (χ2n) is 5.87. The van der Waals surface area contributed by atoms with E-state index >= 15 is 0 Å². The zero-order valence-electron chi connectivity index (χ0n) is 11.3. The van der Waals surface area contributed by atoms with E-state index in [-0.39, 0.29) is 6.10 Å². The number of aliphatic hydroxyl groups excluding tert-OH is 1. The van der Waals surface area contributed by atoms with Crippen LogP contribution in [0.5, 0.6) is 5.75 Å². The third kappa shape index (κ3) is 1.58. The van der Waals surface area contributed by atoms with Crippen molar-refractivity contribution in [3.8, 4) is 5.75 Å². The highest BCUT2D eigenvalue weighted by Crippen LogP contribution is 2.54. The first-order valence-corrected chi connectivity index (χ1v) is 7.06. The first-order valence-electron chi connectivity index (χ1n) is 7.06. The maximum Gasteiger partial charge on any atom is 0.122 e. The molecule has 1 spiro atoms. The van der Waals surface area contributed by atoms with Gasteiger partial charge in [-0.2, -0.15) is 0 Å². The van der Waals surface area contributed by atoms with Crippen LogP contribution < -0.4 is 4.74 Å². The minimum Gasteiger partial charge on any atom is -0.496 e. The topological polar surface area (TPSA) is 29.5 Å². The Hall–Kier alpha value is -1.02. The van der Waals surface area contributed by atoms with E-state index in [4.69, 9.17) is 4.74 Å². The highest BCUT2D eigenvalue weighted by molar-refractivity contribution is 5.54. The quantitative estimate of drug-likeness (QED) is 0.865. The molecular formula is C16H22O2. The van der Waals surface area contributed by atoms with Crippen LogP contribution in [0.4, 0.5) is 0 Å². The Balaban J connectivity index is 2.18. The number of rotatable bonds is 2. The maximum absolute atomic E-state index is 9.94. The van der Waals surface area contributed by atoms with Gasteiger partial charge in [0.15, 0.2) is 0 Å². The lowest BCUT2D eigenvalue weighted by Crippen LogP contribution is -2.19. The molecule has 0 aliphatic heterocycles. The number of hydrogen-bond donors (Lipinski definition) is 1. The lowest BCUT2D eigenvalue weighted by Gasteiger charge is -2.27. The van der Waals surface area contributed by atoms with Crippen molar-refractivity contribution in [3.63, 3.8) is 0 Å². The summed E-state index contributed by atoms with van der Waals surface area (Å²) in [5, 5.41) is 9.94. The first kappa shape index (κ1) is 12.0. The zero-order chi connectivity index (χ0) is 12.8. The smallest absolute Gasteiger partial charge is 0.122 e. The van der Waals surface area contributed by atoms with Gasteiger partial charge in [0.05, 0.1) is 13.2 Å². The molecule has 0 amide bonds. The zero-order valence-corrected chi connectivity index (χ0v) is 11.3. The number of ether oxygens (including phenoxy) is 1. The van der Waals surface area contributed by atoms with Crippen LogP contribution >= 0.6 is 0 Å². The molecule has 0 saturated heterocycles. The lowest BCUT2D eigenvalue weighted by atomic mass is 9.79. The molecule has 1 N–H and O–H groups in total. The highest BCUT2D eigenvalue weighted by Gasteiger charge is 2.44. The van der Waals surface area contributed by atoms with E-state index in [1.165, 1.54) is 43.2 Å². The van der Waals surface area contributed by atoms with Gasteiger partial charge in [-0.15, -0.1) is 0 Å². The summed E-state index contributed by atoms with van der Waals surface area (Å²) in [6.07, 6.45) is 7.22. The number of methoxy groups -OCH3 is 1. The van der Waals surface area contributed by atoms with E-state index in [0.717, 1.165) is 17.7 Å². The molecule has 0 bridgehead atoms. The van der Waals surface area contributed by atoms with Gasteiger partial charge in [-0.25, -0.2) is 0 Å². The fourth-order valence-electron chi connectivity index (χ4n) is 4.10. The van der Waals surface area contributed by atoms with Crippen molar-refractivity contribution in [2.75, 3.05) is 7.11 Å². The van der Waals surface area contributed by atoms with Gasteiger partial charge in [-0.1, -0.05) is 18.9 Å². The summed E-state index contributed by atoms with van der Waals surface area (Å²) >= 11 is 0. The molecule has 0 aromatic heterocycles. The van der Waals surface area contributed by atoms with E-state index in [2.05, 4.69) is 0 Å². The second kappa shape index (κ2) is 4.27. The van der Waals surface area contributed by atoms with Crippen LogP contribution in [0, 0.1) is 0 Å². The Labute approximate surface area is 109 Å². The average Bonchev–Trinajstić information content (AvgIpc) is 2.98. The molecule has 2 aliphatic carbocycles. The molecule has 1 fully saturated rings. The third-order valence-corrected chi connectivity index (χ3v) is 4.93. The summed E-state index contributed by atoms with van der Waals surface area (Å²) in [7, 11) is 1.76. The molecular weight excluding hydrogens is 224 g/mol. The van der Waals surface area contributed by atoms with E-state index < -0.39 is 0 Å². The second-order valence-corrected chi connectivity index (χ2v) is 5.87. The Morgan fingerprint density at radius 3 is 2.56 bits per heavy atom. The van der Waals surface area contributed by atoms with Crippen LogP contribution in [0.3, 0.4) is 0 Å². The Bertz CT molecular complexity index is 456. The number of fused-ring (bicyclic) bond motifs is 2. The first-order chi connectivity index (χ1) is 8.68. The van der Waals surface area contributed by atoms with Crippen molar-refractivity contribution in [1.29, 1.82) is 0 Å². The van der Waals surface area contributed by atoms with Gasteiger partial charge in [0, 0.05) is 5.56 Å². The number of hydrogen-bond acceptors (Lipinski definition) is 2. The molecule has 2 nitrogen and oxygen atoms in total. The molecule has 2 aliphatic rings. The van der Waals surface area contributed by atoms with Crippen LogP contribution in [0.15, 0.2) is 12.1 Å². The van der Waals surface area contributed by atoms with Crippen LogP contribution in [0.2, 0.25) is 0 Å². The molecule has 1 unspecified atom stereocenters. The summed E-state index contributed by atoms with van der Waals surface area (Å²) in [6, 6.07) is 4.09. The summed E-state index contributed by atoms with van der Waals surface area (Å²) < 4.78 is 5.60. The van der Waals surface area contributed by atoms with Gasteiger partial charge in [-0.3, -0.25) is 0 Å². The molecule has 0 radical (unpaired) electrons. The normalized spacial score (nSPS) is 22.2. The minimum absolute atomic E-state index is 0.353. The standard InChI is InChI=1S/C16H22O2/c1-11(17)12-5-6-14(18-2)15-13(12)7-10-16(15)8-3-4-9-16/h5-6,11,17H,3-4,7-10H2,1-2H3. The Kier molecular flexibility index (Phi) is 2.86. The summed E-state index contributed by atoms with van der Waals surface area (Å²) in [5.41, 5.74) is 4.24. The fourth-order valence-corrected chi connectivity index (χ4v) is 4.10. The van der Waals surface area contributed by atoms with Gasteiger partial charge in [-0.05, 0) is 55.2 Å². The lowest BCUT2D eigenvalue weighted by molar-refractivity contribution is 0.198. The highest BCUT2D eigenvalue weighted by atomic mass is 16.5. The minimum atomic E-state index is -0.374. The maximum atomic E-state index is 9.94. The van der Waals surface area contributed by atoms with E-state index in [9.17, 15) is 5.11 Å². The molecule has 1 aromatic rings. The monoisotopic (exact) mass is 246 g/mol. The van der Waals surface area contributed by atoms with Crippen LogP contribution in [-0.4, -0.2) is 12.2 Å². The number of aliphatic hydroxyl groups is 1. The average molecular weight is 246 g/mol. The van der Waals surface area contributed by atoms with Gasteiger partial charge < -0.3 is 9.84 Å². The van der Waals surface area contributed by atoms with Crippen LogP contribution in [0.1, 0.15) is 61.8 Å². The van der Waals surface area contributed by atoms with Crippen LogP contribution in [-0.2, 0) is 11.8 Å². The summed E-state index contributed by atoms with van der Waals surface area (Å²) in [5.74, 6) is 1.04. The molecule has 18 heavy (non-hydrogen) atoms. The van der Waals surface area contributed by atoms with Crippen molar-refractivity contribution in [2.24, 2.45) is 0 Å². The van der Waals surface area contributed by atoms with Crippen molar-refractivity contribution in [3.05, 3.63) is 28.8 Å². The van der Waals surface area contributed by atoms with E-state index in [1.54, 1.807) is 7.11 Å². The summed E-state index contributed by atoms with van der Waals surface area (Å²) in [4.78, 5) is 0.